The van der Waals surface area contributed by atoms with Crippen LogP contribution in [0, 0.1) is 0 Å². The van der Waals surface area contributed by atoms with E-state index in [1.54, 1.807) is 0 Å². The summed E-state index contributed by atoms with van der Waals surface area (Å²) in [6.45, 7) is 5.27. The zero-order valence-electron chi connectivity index (χ0n) is 10.3. The Balaban J connectivity index is 1.90. The van der Waals surface area contributed by atoms with Gasteiger partial charge >= 0.3 is 0 Å². The molecule has 1 fully saturated rings. The number of hydrogen-bond donors (Lipinski definition) is 0. The van der Waals surface area contributed by atoms with Gasteiger partial charge in [0.1, 0.15) is 0 Å². The minimum atomic E-state index is 0.0833. The molecule has 0 N–H and O–H groups in total. The Morgan fingerprint density at radius 3 is 2.53 bits per heavy atom. The van der Waals surface area contributed by atoms with Crippen molar-refractivity contribution in [3.8, 4) is 0 Å². The molecule has 0 saturated carbocycles. The van der Waals surface area contributed by atoms with Gasteiger partial charge in [-0.2, -0.15) is 0 Å². The third kappa shape index (κ3) is 6.16. The number of hydrogen-bond acceptors (Lipinski definition) is 2. The highest BCUT2D eigenvalue weighted by Crippen LogP contribution is 2.17. The molecule has 90 valence electrons. The highest BCUT2D eigenvalue weighted by atomic mass is 16.7. The van der Waals surface area contributed by atoms with Gasteiger partial charge in [-0.15, -0.1) is 0 Å². The van der Waals surface area contributed by atoms with Crippen LogP contribution in [0.25, 0.3) is 0 Å². The fourth-order valence-electron chi connectivity index (χ4n) is 1.97. The second-order valence-electron chi connectivity index (χ2n) is 4.59. The fourth-order valence-corrected chi connectivity index (χ4v) is 1.97. The van der Waals surface area contributed by atoms with Gasteiger partial charge in [0.2, 0.25) is 0 Å². The van der Waals surface area contributed by atoms with Crippen molar-refractivity contribution in [3.63, 3.8) is 0 Å². The predicted molar refractivity (Wildman–Crippen MR) is 62.9 cm³/mol. The molecule has 2 atom stereocenters. The molecule has 0 aliphatic carbocycles. The summed E-state index contributed by atoms with van der Waals surface area (Å²) in [5.74, 6) is 0. The van der Waals surface area contributed by atoms with Gasteiger partial charge < -0.3 is 9.47 Å². The molecule has 0 aromatic heterocycles. The fraction of sp³-hybridized carbons (Fsp3) is 1.00. The van der Waals surface area contributed by atoms with Crippen molar-refractivity contribution in [2.75, 3.05) is 6.61 Å². The summed E-state index contributed by atoms with van der Waals surface area (Å²) in [5.41, 5.74) is 0. The van der Waals surface area contributed by atoms with Gasteiger partial charge in [-0.25, -0.2) is 0 Å². The van der Waals surface area contributed by atoms with Gasteiger partial charge in [-0.1, -0.05) is 39.0 Å². The highest BCUT2D eigenvalue weighted by molar-refractivity contribution is 4.59. The van der Waals surface area contributed by atoms with E-state index in [1.165, 1.54) is 38.5 Å². The molecule has 1 aliphatic heterocycles. The molecule has 1 rings (SSSR count). The molecular weight excluding hydrogens is 188 g/mol. The van der Waals surface area contributed by atoms with E-state index in [2.05, 4.69) is 13.8 Å². The highest BCUT2D eigenvalue weighted by Gasteiger charge is 2.18. The Kier molecular flexibility index (Phi) is 7.03. The van der Waals surface area contributed by atoms with Crippen molar-refractivity contribution < 1.29 is 9.47 Å². The zero-order chi connectivity index (χ0) is 10.9. The van der Waals surface area contributed by atoms with E-state index in [1.807, 2.05) is 0 Å². The second kappa shape index (κ2) is 8.12. The summed E-state index contributed by atoms with van der Waals surface area (Å²) in [4.78, 5) is 0. The first-order valence-corrected chi connectivity index (χ1v) is 6.60. The summed E-state index contributed by atoms with van der Waals surface area (Å²) in [5, 5.41) is 0. The van der Waals surface area contributed by atoms with Crippen molar-refractivity contribution in [1.29, 1.82) is 0 Å². The van der Waals surface area contributed by atoms with E-state index < -0.39 is 0 Å². The van der Waals surface area contributed by atoms with Gasteiger partial charge in [0.05, 0.1) is 12.7 Å². The Hall–Kier alpha value is -0.0800. The monoisotopic (exact) mass is 214 g/mol. The van der Waals surface area contributed by atoms with E-state index in [9.17, 15) is 0 Å². The molecule has 0 amide bonds. The lowest BCUT2D eigenvalue weighted by molar-refractivity contribution is -0.210. The Morgan fingerprint density at radius 1 is 1.07 bits per heavy atom. The molecule has 2 heteroatoms. The summed E-state index contributed by atoms with van der Waals surface area (Å²) in [7, 11) is 0. The van der Waals surface area contributed by atoms with Crippen LogP contribution in [0.1, 0.15) is 65.2 Å². The number of rotatable bonds is 7. The normalized spacial score (nSPS) is 26.8. The quantitative estimate of drug-likeness (QED) is 0.599. The molecule has 1 heterocycles. The van der Waals surface area contributed by atoms with Crippen LogP contribution in [0.3, 0.4) is 0 Å². The van der Waals surface area contributed by atoms with E-state index in [4.69, 9.17) is 9.47 Å². The molecule has 0 aromatic rings. The van der Waals surface area contributed by atoms with Crippen LogP contribution in [0.2, 0.25) is 0 Å². The van der Waals surface area contributed by atoms with Gasteiger partial charge in [-0.3, -0.25) is 0 Å². The maximum atomic E-state index is 5.69. The lowest BCUT2D eigenvalue weighted by Gasteiger charge is -2.28. The van der Waals surface area contributed by atoms with Gasteiger partial charge in [-0.05, 0) is 26.2 Å². The van der Waals surface area contributed by atoms with Crippen LogP contribution < -0.4 is 0 Å². The van der Waals surface area contributed by atoms with E-state index in [0.29, 0.717) is 6.10 Å². The summed E-state index contributed by atoms with van der Waals surface area (Å²) < 4.78 is 11.2. The molecule has 1 saturated heterocycles. The third-order valence-corrected chi connectivity index (χ3v) is 3.01. The van der Waals surface area contributed by atoms with E-state index >= 15 is 0 Å². The van der Waals surface area contributed by atoms with Crippen molar-refractivity contribution in [1.82, 2.24) is 0 Å². The second-order valence-corrected chi connectivity index (χ2v) is 4.59. The lowest BCUT2D eigenvalue weighted by Crippen LogP contribution is -2.30. The van der Waals surface area contributed by atoms with Crippen molar-refractivity contribution in [2.24, 2.45) is 0 Å². The summed E-state index contributed by atoms with van der Waals surface area (Å²) in [6, 6.07) is 0. The first-order valence-electron chi connectivity index (χ1n) is 6.60. The molecule has 0 aromatic carbocycles. The van der Waals surface area contributed by atoms with Gasteiger partial charge in [0.25, 0.3) is 0 Å². The molecule has 0 radical (unpaired) electrons. The Labute approximate surface area is 94.3 Å². The van der Waals surface area contributed by atoms with Gasteiger partial charge in [0.15, 0.2) is 6.29 Å². The van der Waals surface area contributed by atoms with Crippen LogP contribution in [0.15, 0.2) is 0 Å². The van der Waals surface area contributed by atoms with Crippen molar-refractivity contribution in [3.05, 3.63) is 0 Å². The summed E-state index contributed by atoms with van der Waals surface area (Å²) >= 11 is 0. The number of ether oxygens (including phenoxy) is 2. The lowest BCUT2D eigenvalue weighted by atomic mass is 10.1. The average molecular weight is 214 g/mol. The smallest absolute Gasteiger partial charge is 0.157 e. The largest absolute Gasteiger partial charge is 0.353 e. The molecule has 15 heavy (non-hydrogen) atoms. The minimum Gasteiger partial charge on any atom is -0.353 e. The minimum absolute atomic E-state index is 0.0833. The SMILES string of the molecule is CCCCCCCC[C@H]1OCC[C@H](C)O1. The third-order valence-electron chi connectivity index (χ3n) is 3.01. The first kappa shape index (κ1) is 13.0. The Morgan fingerprint density at radius 2 is 1.80 bits per heavy atom. The standard InChI is InChI=1S/C13H26O2/c1-3-4-5-6-7-8-9-13-14-11-10-12(2)15-13/h12-13H,3-11H2,1-2H3/t12-,13-/m0/s1. The van der Waals surface area contributed by atoms with Crippen molar-refractivity contribution >= 4 is 0 Å². The maximum Gasteiger partial charge on any atom is 0.157 e. The van der Waals surface area contributed by atoms with Crippen LogP contribution >= 0.6 is 0 Å². The molecule has 0 unspecified atom stereocenters. The predicted octanol–water partition coefficient (Wildman–Crippen LogP) is 3.89. The number of unbranched alkanes of at least 4 members (excludes halogenated alkanes) is 5. The molecule has 2 nitrogen and oxygen atoms in total. The van der Waals surface area contributed by atoms with Gasteiger partial charge in [0, 0.05) is 0 Å². The van der Waals surface area contributed by atoms with Crippen LogP contribution in [-0.4, -0.2) is 19.0 Å². The molecule has 0 spiro atoms. The molecular formula is C13H26O2. The van der Waals surface area contributed by atoms with Crippen LogP contribution in [-0.2, 0) is 9.47 Å². The molecule has 1 aliphatic rings. The molecule has 0 bridgehead atoms. The Bertz CT molecular complexity index is 147. The van der Waals surface area contributed by atoms with E-state index in [0.717, 1.165) is 19.4 Å². The topological polar surface area (TPSA) is 18.5 Å². The summed E-state index contributed by atoms with van der Waals surface area (Å²) in [6.07, 6.45) is 10.7. The van der Waals surface area contributed by atoms with E-state index in [-0.39, 0.29) is 6.29 Å². The van der Waals surface area contributed by atoms with Crippen molar-refractivity contribution in [2.45, 2.75) is 77.6 Å². The average Bonchev–Trinajstić information content (AvgIpc) is 2.23. The first-order chi connectivity index (χ1) is 7.33. The maximum absolute atomic E-state index is 5.69. The van der Waals surface area contributed by atoms with Crippen LogP contribution in [0.4, 0.5) is 0 Å². The zero-order valence-corrected chi connectivity index (χ0v) is 10.3. The van der Waals surface area contributed by atoms with Crippen LogP contribution in [0.5, 0.6) is 0 Å².